The third-order valence-corrected chi connectivity index (χ3v) is 4.62. The molecule has 2 aromatic heterocycles. The van der Waals surface area contributed by atoms with Crippen LogP contribution in [0.15, 0.2) is 30.3 Å². The van der Waals surface area contributed by atoms with E-state index in [0.717, 1.165) is 62.2 Å². The van der Waals surface area contributed by atoms with E-state index in [1.54, 1.807) is 4.90 Å². The van der Waals surface area contributed by atoms with Gasteiger partial charge in [0, 0.05) is 0 Å². The third kappa shape index (κ3) is 3.81. The highest BCUT2D eigenvalue weighted by molar-refractivity contribution is 5.82. The van der Waals surface area contributed by atoms with Gasteiger partial charge in [0.2, 0.25) is 0 Å². The van der Waals surface area contributed by atoms with E-state index in [2.05, 4.69) is 37.7 Å². The zero-order valence-electron chi connectivity index (χ0n) is 15.0. The molecule has 0 bridgehead atoms. The van der Waals surface area contributed by atoms with E-state index >= 15 is 0 Å². The summed E-state index contributed by atoms with van der Waals surface area (Å²) in [6, 6.07) is 10.2. The molecule has 3 aromatic rings. The number of benzene rings is 1. The molecule has 0 atom stereocenters. The first-order valence-corrected chi connectivity index (χ1v) is 9.06. The first-order chi connectivity index (χ1) is 12.8. The van der Waals surface area contributed by atoms with Crippen LogP contribution in [0.4, 0.5) is 5.82 Å². The first-order valence-electron chi connectivity index (χ1n) is 9.06. The molecule has 1 saturated heterocycles. The lowest BCUT2D eigenvalue weighted by molar-refractivity contribution is -0.906. The minimum absolute atomic E-state index is 0.644. The normalized spacial score (nSPS) is 15.4. The summed E-state index contributed by atoms with van der Waals surface area (Å²) in [5, 5.41) is 12.0. The smallest absolute Gasteiger partial charge is 0.184 e. The second kappa shape index (κ2) is 7.76. The molecule has 0 aliphatic carbocycles. The number of nitrogens with one attached hydrogen (secondary N) is 2. The molecule has 8 nitrogen and oxygen atoms in total. The number of ether oxygens (including phenoxy) is 1. The average molecular weight is 354 g/mol. The molecule has 1 fully saturated rings. The summed E-state index contributed by atoms with van der Waals surface area (Å²) < 4.78 is 7.24. The van der Waals surface area contributed by atoms with Crippen LogP contribution >= 0.6 is 0 Å². The number of hydrogen-bond acceptors (Lipinski definition) is 6. The Kier molecular flexibility index (Phi) is 5.03. The number of nitrogens with zero attached hydrogens (tertiary/aromatic N) is 5. The minimum Gasteiger partial charge on any atom is -0.370 e. The number of hydrogen-bond donors (Lipinski definition) is 2. The van der Waals surface area contributed by atoms with Gasteiger partial charge in [-0.1, -0.05) is 35.5 Å². The predicted molar refractivity (Wildman–Crippen MR) is 98.3 cm³/mol. The number of aryl methyl sites for hydroxylation is 1. The van der Waals surface area contributed by atoms with Crippen molar-refractivity contribution in [1.82, 2.24) is 25.0 Å². The van der Waals surface area contributed by atoms with E-state index in [9.17, 15) is 0 Å². The highest BCUT2D eigenvalue weighted by atomic mass is 16.5. The Labute approximate surface area is 152 Å². The van der Waals surface area contributed by atoms with Crippen molar-refractivity contribution in [2.24, 2.45) is 0 Å². The maximum Gasteiger partial charge on any atom is 0.184 e. The van der Waals surface area contributed by atoms with E-state index in [1.807, 2.05) is 29.8 Å². The number of quaternary nitrogens is 1. The van der Waals surface area contributed by atoms with Crippen molar-refractivity contribution in [3.8, 4) is 0 Å². The largest absolute Gasteiger partial charge is 0.370 e. The van der Waals surface area contributed by atoms with Crippen LogP contribution in [0.5, 0.6) is 0 Å². The molecule has 0 amide bonds. The van der Waals surface area contributed by atoms with Gasteiger partial charge in [-0.15, -0.1) is 5.10 Å². The summed E-state index contributed by atoms with van der Waals surface area (Å²) in [4.78, 5) is 10.6. The minimum atomic E-state index is 0.644. The van der Waals surface area contributed by atoms with Crippen LogP contribution in [0.2, 0.25) is 0 Å². The molecule has 3 heterocycles. The highest BCUT2D eigenvalue weighted by Crippen LogP contribution is 2.18. The van der Waals surface area contributed by atoms with Gasteiger partial charge in [-0.2, -0.15) is 0 Å². The van der Waals surface area contributed by atoms with Gasteiger partial charge in [-0.3, -0.25) is 0 Å². The van der Waals surface area contributed by atoms with Crippen LogP contribution in [0.25, 0.3) is 11.2 Å². The monoisotopic (exact) mass is 354 g/mol. The van der Waals surface area contributed by atoms with Crippen LogP contribution in [-0.2, 0) is 11.3 Å². The Hall–Kier alpha value is -2.58. The molecule has 8 heteroatoms. The Morgan fingerprint density at radius 3 is 2.77 bits per heavy atom. The van der Waals surface area contributed by atoms with Crippen LogP contribution < -0.4 is 10.2 Å². The van der Waals surface area contributed by atoms with Crippen LogP contribution in [0.1, 0.15) is 11.4 Å². The Bertz CT molecular complexity index is 859. The lowest BCUT2D eigenvalue weighted by Gasteiger charge is -2.23. The first kappa shape index (κ1) is 16.9. The molecule has 0 unspecified atom stereocenters. The van der Waals surface area contributed by atoms with E-state index in [1.165, 1.54) is 5.56 Å². The van der Waals surface area contributed by atoms with Crippen molar-refractivity contribution < 1.29 is 9.64 Å². The zero-order chi connectivity index (χ0) is 17.8. The maximum atomic E-state index is 5.41. The van der Waals surface area contributed by atoms with Gasteiger partial charge in [0.15, 0.2) is 17.0 Å². The lowest BCUT2D eigenvalue weighted by atomic mass is 10.2. The molecule has 0 radical (unpaired) electrons. The number of aromatic nitrogens is 5. The van der Waals surface area contributed by atoms with Crippen LogP contribution in [-0.4, -0.2) is 64.4 Å². The van der Waals surface area contributed by atoms with E-state index in [4.69, 9.17) is 4.74 Å². The summed E-state index contributed by atoms with van der Waals surface area (Å²) in [7, 11) is 0. The van der Waals surface area contributed by atoms with Crippen LogP contribution in [0.3, 0.4) is 0 Å². The standard InChI is InChI=1S/C18H23N7O/c1-14-20-17(19-7-8-24-9-11-26-12-10-24)16-18(21-14)25(23-22-16)13-15-5-3-2-4-6-15/h2-6H,7-13H2,1H3,(H,19,20,21)/p+1. The van der Waals surface area contributed by atoms with Gasteiger partial charge < -0.3 is 15.0 Å². The van der Waals surface area contributed by atoms with Gasteiger partial charge in [0.25, 0.3) is 0 Å². The number of anilines is 1. The zero-order valence-corrected chi connectivity index (χ0v) is 15.0. The van der Waals surface area contributed by atoms with Crippen molar-refractivity contribution in [3.63, 3.8) is 0 Å². The summed E-state index contributed by atoms with van der Waals surface area (Å²) in [6.07, 6.45) is 0. The lowest BCUT2D eigenvalue weighted by Crippen LogP contribution is -3.14. The van der Waals surface area contributed by atoms with Gasteiger partial charge in [-0.25, -0.2) is 14.6 Å². The fourth-order valence-corrected chi connectivity index (χ4v) is 3.22. The Morgan fingerprint density at radius 2 is 1.96 bits per heavy atom. The fourth-order valence-electron chi connectivity index (χ4n) is 3.22. The maximum absolute atomic E-state index is 5.41. The fraction of sp³-hybridized carbons (Fsp3) is 0.444. The van der Waals surface area contributed by atoms with E-state index in [-0.39, 0.29) is 0 Å². The summed E-state index contributed by atoms with van der Waals surface area (Å²) in [6.45, 7) is 8.24. The molecule has 4 rings (SSSR count). The molecule has 26 heavy (non-hydrogen) atoms. The molecular weight excluding hydrogens is 330 g/mol. The molecule has 1 aromatic carbocycles. The van der Waals surface area contributed by atoms with Crippen molar-refractivity contribution in [1.29, 1.82) is 0 Å². The third-order valence-electron chi connectivity index (χ3n) is 4.62. The van der Waals surface area contributed by atoms with Crippen LogP contribution in [0, 0.1) is 6.92 Å². The molecule has 0 saturated carbocycles. The summed E-state index contributed by atoms with van der Waals surface area (Å²) in [5.74, 6) is 1.48. The van der Waals surface area contributed by atoms with Gasteiger partial charge in [0.05, 0.1) is 32.8 Å². The van der Waals surface area contributed by atoms with Crippen molar-refractivity contribution in [2.75, 3.05) is 44.7 Å². The van der Waals surface area contributed by atoms with Crippen molar-refractivity contribution in [2.45, 2.75) is 13.5 Å². The average Bonchev–Trinajstić information content (AvgIpc) is 3.06. The quantitative estimate of drug-likeness (QED) is 0.644. The van der Waals surface area contributed by atoms with E-state index < -0.39 is 0 Å². The Morgan fingerprint density at radius 1 is 1.15 bits per heavy atom. The summed E-state index contributed by atoms with van der Waals surface area (Å²) in [5.41, 5.74) is 2.66. The second-order valence-corrected chi connectivity index (χ2v) is 6.56. The molecule has 0 spiro atoms. The van der Waals surface area contributed by atoms with Crippen molar-refractivity contribution >= 4 is 17.0 Å². The highest BCUT2D eigenvalue weighted by Gasteiger charge is 2.16. The topological polar surface area (TPSA) is 82.2 Å². The Balaban J connectivity index is 1.50. The van der Waals surface area contributed by atoms with E-state index in [0.29, 0.717) is 6.54 Å². The molecule has 136 valence electrons. The second-order valence-electron chi connectivity index (χ2n) is 6.56. The van der Waals surface area contributed by atoms with Gasteiger partial charge in [0.1, 0.15) is 18.9 Å². The van der Waals surface area contributed by atoms with Crippen molar-refractivity contribution in [3.05, 3.63) is 41.7 Å². The molecular formula is C18H24N7O+. The SMILES string of the molecule is Cc1nc(NCC[NH+]2CCOCC2)c2nnn(Cc3ccccc3)c2n1. The van der Waals surface area contributed by atoms with Gasteiger partial charge in [-0.05, 0) is 12.5 Å². The number of morpholine rings is 1. The molecule has 1 aliphatic heterocycles. The number of rotatable bonds is 6. The molecule has 1 aliphatic rings. The number of fused-ring (bicyclic) bond motifs is 1. The summed E-state index contributed by atoms with van der Waals surface area (Å²) >= 11 is 0. The predicted octanol–water partition coefficient (Wildman–Crippen LogP) is -0.0950. The van der Waals surface area contributed by atoms with Gasteiger partial charge >= 0.3 is 0 Å². The molecule has 2 N–H and O–H groups in total.